The van der Waals surface area contributed by atoms with Gasteiger partial charge in [-0.15, -0.1) is 11.3 Å². The number of nitrogens with one attached hydrogen (secondary N) is 1. The number of nitrogens with zero attached hydrogens (tertiary/aromatic N) is 2. The number of halogens is 1. The van der Waals surface area contributed by atoms with Gasteiger partial charge in [-0.05, 0) is 36.4 Å². The maximum Gasteiger partial charge on any atom is 0.140 e. The topological polar surface area (TPSA) is 29.9 Å². The van der Waals surface area contributed by atoms with Crippen LogP contribution in [-0.2, 0) is 13.1 Å². The predicted molar refractivity (Wildman–Crippen MR) is 85.5 cm³/mol. The highest BCUT2D eigenvalue weighted by molar-refractivity contribution is 7.16. The van der Waals surface area contributed by atoms with E-state index < -0.39 is 0 Å². The van der Waals surface area contributed by atoms with Crippen LogP contribution in [0.5, 0.6) is 0 Å². The first-order valence-electron chi connectivity index (χ1n) is 6.65. The van der Waals surface area contributed by atoms with Crippen molar-refractivity contribution < 1.29 is 0 Å². The number of hydrogen-bond acceptors (Lipinski definition) is 3. The Hall–Kier alpha value is -1.36. The highest BCUT2D eigenvalue weighted by Gasteiger charge is 2.10. The van der Waals surface area contributed by atoms with E-state index in [0.29, 0.717) is 0 Å². The molecule has 3 rings (SSSR count). The molecule has 3 nitrogen and oxygen atoms in total. The van der Waals surface area contributed by atoms with Crippen LogP contribution in [0.4, 0.5) is 0 Å². The molecule has 0 amide bonds. The molecule has 0 bridgehead atoms. The fraction of sp³-hybridized carbons (Fsp3) is 0.267. The van der Waals surface area contributed by atoms with Gasteiger partial charge in [-0.1, -0.05) is 18.5 Å². The molecule has 20 heavy (non-hydrogen) atoms. The van der Waals surface area contributed by atoms with Crippen LogP contribution in [0.1, 0.15) is 17.4 Å². The van der Waals surface area contributed by atoms with Gasteiger partial charge in [0.2, 0.25) is 0 Å². The van der Waals surface area contributed by atoms with Crippen LogP contribution < -0.4 is 5.32 Å². The first kappa shape index (κ1) is 13.6. The summed E-state index contributed by atoms with van der Waals surface area (Å²) in [6, 6.07) is 8.14. The highest BCUT2D eigenvalue weighted by atomic mass is 35.5. The van der Waals surface area contributed by atoms with Crippen LogP contribution in [0.2, 0.25) is 4.34 Å². The van der Waals surface area contributed by atoms with Crippen molar-refractivity contribution >= 4 is 34.0 Å². The lowest BCUT2D eigenvalue weighted by Crippen LogP contribution is -2.11. The summed E-state index contributed by atoms with van der Waals surface area (Å²) in [5, 5.41) is 4.60. The average Bonchev–Trinajstić information content (AvgIpc) is 3.02. The van der Waals surface area contributed by atoms with Crippen LogP contribution in [0, 0.1) is 0 Å². The molecule has 0 saturated heterocycles. The second-order valence-corrected chi connectivity index (χ2v) is 6.44. The molecule has 1 N–H and O–H groups in total. The number of aromatic nitrogens is 2. The first-order chi connectivity index (χ1) is 9.78. The number of thiophene rings is 1. The Morgan fingerprint density at radius 1 is 1.35 bits per heavy atom. The average molecular weight is 306 g/mol. The minimum absolute atomic E-state index is 0.816. The lowest BCUT2D eigenvalue weighted by atomic mass is 10.2. The molecule has 0 radical (unpaired) electrons. The van der Waals surface area contributed by atoms with E-state index in [4.69, 9.17) is 11.6 Å². The largest absolute Gasteiger partial charge is 0.327 e. The number of pyridine rings is 1. The lowest BCUT2D eigenvalue weighted by Gasteiger charge is -2.01. The molecule has 3 aromatic heterocycles. The summed E-state index contributed by atoms with van der Waals surface area (Å²) in [4.78, 5) is 5.76. The van der Waals surface area contributed by atoms with Gasteiger partial charge in [0.25, 0.3) is 0 Å². The van der Waals surface area contributed by atoms with Crippen LogP contribution in [0.3, 0.4) is 0 Å². The number of fused-ring (bicyclic) bond motifs is 1. The molecule has 3 heterocycles. The van der Waals surface area contributed by atoms with Crippen LogP contribution >= 0.6 is 22.9 Å². The maximum absolute atomic E-state index is 6.00. The summed E-state index contributed by atoms with van der Waals surface area (Å²) < 4.78 is 3.03. The molecule has 0 fully saturated rings. The van der Waals surface area contributed by atoms with E-state index >= 15 is 0 Å². The predicted octanol–water partition coefficient (Wildman–Crippen LogP) is 3.91. The summed E-state index contributed by atoms with van der Waals surface area (Å²) in [7, 11) is 0. The summed E-state index contributed by atoms with van der Waals surface area (Å²) >= 11 is 7.62. The van der Waals surface area contributed by atoms with Gasteiger partial charge in [0.1, 0.15) is 5.65 Å². The Kier molecular flexibility index (Phi) is 4.05. The minimum Gasteiger partial charge on any atom is -0.327 e. The molecule has 0 aromatic carbocycles. The molecule has 0 unspecified atom stereocenters. The summed E-state index contributed by atoms with van der Waals surface area (Å²) in [6.45, 7) is 4.77. The molecular weight excluding hydrogens is 290 g/mol. The van der Waals surface area contributed by atoms with Gasteiger partial charge in [-0.2, -0.15) is 0 Å². The van der Waals surface area contributed by atoms with Crippen molar-refractivity contribution in [2.45, 2.75) is 20.0 Å². The van der Waals surface area contributed by atoms with Gasteiger partial charge in [0, 0.05) is 29.2 Å². The summed E-state index contributed by atoms with van der Waals surface area (Å²) in [6.07, 6.45) is 4.03. The molecule has 0 aliphatic rings. The lowest BCUT2D eigenvalue weighted by molar-refractivity contribution is 0.724. The third-order valence-corrected chi connectivity index (χ3v) is 4.45. The molecule has 0 atom stereocenters. The van der Waals surface area contributed by atoms with Gasteiger partial charge < -0.3 is 9.88 Å². The maximum atomic E-state index is 6.00. The van der Waals surface area contributed by atoms with Crippen molar-refractivity contribution in [3.8, 4) is 0 Å². The number of hydrogen-bond donors (Lipinski definition) is 1. The SMILES string of the molecule is CCNCc1cn(Cc2ccc(Cl)s2)c2ncccc12. The van der Waals surface area contributed by atoms with Crippen molar-refractivity contribution in [3.05, 3.63) is 51.4 Å². The Labute approximate surface area is 127 Å². The second kappa shape index (κ2) is 5.95. The zero-order valence-corrected chi connectivity index (χ0v) is 12.8. The highest BCUT2D eigenvalue weighted by Crippen LogP contribution is 2.25. The molecule has 0 aliphatic heterocycles. The van der Waals surface area contributed by atoms with Gasteiger partial charge in [0.15, 0.2) is 0 Å². The van der Waals surface area contributed by atoms with Crippen molar-refractivity contribution in [1.29, 1.82) is 0 Å². The fourth-order valence-electron chi connectivity index (χ4n) is 2.32. The molecule has 0 saturated carbocycles. The normalized spacial score (nSPS) is 11.3. The van der Waals surface area contributed by atoms with Gasteiger partial charge >= 0.3 is 0 Å². The van der Waals surface area contributed by atoms with Gasteiger partial charge in [-0.25, -0.2) is 4.98 Å². The zero-order chi connectivity index (χ0) is 13.9. The quantitative estimate of drug-likeness (QED) is 0.774. The summed E-state index contributed by atoms with van der Waals surface area (Å²) in [5.41, 5.74) is 2.32. The van der Waals surface area contributed by atoms with Crippen LogP contribution in [0.25, 0.3) is 11.0 Å². The van der Waals surface area contributed by atoms with Crippen molar-refractivity contribution in [3.63, 3.8) is 0 Å². The van der Waals surface area contributed by atoms with Crippen molar-refractivity contribution in [2.75, 3.05) is 6.54 Å². The van der Waals surface area contributed by atoms with E-state index in [2.05, 4.69) is 40.1 Å². The molecule has 5 heteroatoms. The van der Waals surface area contributed by atoms with E-state index in [-0.39, 0.29) is 0 Å². The van der Waals surface area contributed by atoms with E-state index in [1.54, 1.807) is 11.3 Å². The fourth-order valence-corrected chi connectivity index (χ4v) is 3.41. The van der Waals surface area contributed by atoms with E-state index in [9.17, 15) is 0 Å². The molecular formula is C15H16ClN3S. The third kappa shape index (κ3) is 2.73. The summed E-state index contributed by atoms with van der Waals surface area (Å²) in [5.74, 6) is 0. The zero-order valence-electron chi connectivity index (χ0n) is 11.3. The third-order valence-electron chi connectivity index (χ3n) is 3.24. The molecule has 104 valence electrons. The minimum atomic E-state index is 0.816. The van der Waals surface area contributed by atoms with Gasteiger partial charge in [-0.3, -0.25) is 0 Å². The second-order valence-electron chi connectivity index (χ2n) is 4.64. The van der Waals surface area contributed by atoms with Crippen LogP contribution in [0.15, 0.2) is 36.7 Å². The molecule has 0 spiro atoms. The van der Waals surface area contributed by atoms with Crippen LogP contribution in [-0.4, -0.2) is 16.1 Å². The monoisotopic (exact) mass is 305 g/mol. The van der Waals surface area contributed by atoms with E-state index in [1.807, 2.05) is 18.3 Å². The van der Waals surface area contributed by atoms with E-state index in [1.165, 1.54) is 15.8 Å². The van der Waals surface area contributed by atoms with E-state index in [0.717, 1.165) is 29.6 Å². The Morgan fingerprint density at radius 3 is 3.00 bits per heavy atom. The Balaban J connectivity index is 1.97. The number of rotatable bonds is 5. The molecule has 3 aromatic rings. The smallest absolute Gasteiger partial charge is 0.140 e. The molecule has 0 aliphatic carbocycles. The standard InChI is InChI=1S/C15H16ClN3S/c1-2-17-8-11-9-19(10-12-5-6-14(16)20-12)15-13(11)4-3-7-18-15/h3-7,9,17H,2,8,10H2,1H3. The Morgan fingerprint density at radius 2 is 2.25 bits per heavy atom. The van der Waals surface area contributed by atoms with Crippen molar-refractivity contribution in [1.82, 2.24) is 14.9 Å². The Bertz CT molecular complexity index is 717. The first-order valence-corrected chi connectivity index (χ1v) is 7.85. The van der Waals surface area contributed by atoms with Gasteiger partial charge in [0.05, 0.1) is 10.9 Å². The van der Waals surface area contributed by atoms with Crippen molar-refractivity contribution in [2.24, 2.45) is 0 Å².